The van der Waals surface area contributed by atoms with Gasteiger partial charge in [0.2, 0.25) is 0 Å². The maximum atomic E-state index is 13.9. The van der Waals surface area contributed by atoms with Crippen LogP contribution >= 0.6 is 0 Å². The molecule has 0 aromatic heterocycles. The highest BCUT2D eigenvalue weighted by molar-refractivity contribution is 6.05. The minimum atomic E-state index is -2.43. The Balaban J connectivity index is 1.26. The fourth-order valence-electron chi connectivity index (χ4n) is 9.62. The third kappa shape index (κ3) is 3.87. The number of hydrogen-bond acceptors (Lipinski definition) is 11. The summed E-state index contributed by atoms with van der Waals surface area (Å²) in [4.78, 5) is 27.5. The third-order valence-corrected chi connectivity index (χ3v) is 12.0. The predicted molar refractivity (Wildman–Crippen MR) is 168 cm³/mol. The van der Waals surface area contributed by atoms with Crippen molar-refractivity contribution in [1.29, 1.82) is 0 Å². The molecule has 3 N–H and O–H groups in total. The molecule has 8 rings (SSSR count). The molecular formula is C37H42O11. The van der Waals surface area contributed by atoms with Crippen LogP contribution in [0.25, 0.3) is 0 Å². The van der Waals surface area contributed by atoms with Crippen molar-refractivity contribution in [2.75, 3.05) is 6.61 Å². The van der Waals surface area contributed by atoms with Gasteiger partial charge in [-0.25, -0.2) is 4.79 Å². The molecule has 7 aliphatic rings. The lowest BCUT2D eigenvalue weighted by Gasteiger charge is -2.61. The number of aliphatic hydroxyl groups is 3. The summed E-state index contributed by atoms with van der Waals surface area (Å²) in [5, 5.41) is 34.9. The van der Waals surface area contributed by atoms with Crippen LogP contribution in [-0.2, 0) is 44.0 Å². The number of aliphatic hydroxyl groups excluding tert-OH is 2. The normalized spacial score (nSPS) is 49.4. The summed E-state index contributed by atoms with van der Waals surface area (Å²) in [6.45, 7) is 10.9. The number of rotatable bonds is 9. The lowest BCUT2D eigenvalue weighted by Crippen LogP contribution is -2.76. The Morgan fingerprint density at radius 2 is 1.88 bits per heavy atom. The van der Waals surface area contributed by atoms with E-state index in [1.807, 2.05) is 19.1 Å². The van der Waals surface area contributed by atoms with Crippen molar-refractivity contribution in [1.82, 2.24) is 0 Å². The summed E-state index contributed by atoms with van der Waals surface area (Å²) in [7, 11) is 0. The van der Waals surface area contributed by atoms with E-state index in [1.165, 1.54) is 6.08 Å². The lowest BCUT2D eigenvalue weighted by atomic mass is 9.53. The summed E-state index contributed by atoms with van der Waals surface area (Å²) in [5.41, 5.74) is -5.93. The second-order valence-corrected chi connectivity index (χ2v) is 14.5. The van der Waals surface area contributed by atoms with Crippen LogP contribution in [0.5, 0.6) is 0 Å². The van der Waals surface area contributed by atoms with Gasteiger partial charge in [-0.15, -0.1) is 0 Å². The predicted octanol–water partition coefficient (Wildman–Crippen LogP) is 2.53. The van der Waals surface area contributed by atoms with E-state index in [0.29, 0.717) is 11.1 Å². The Labute approximate surface area is 278 Å². The Kier molecular flexibility index (Phi) is 7.05. The Morgan fingerprint density at radius 3 is 2.56 bits per heavy atom. The molecule has 6 fully saturated rings. The van der Waals surface area contributed by atoms with Crippen molar-refractivity contribution >= 4 is 11.8 Å². The number of ketones is 1. The molecule has 3 bridgehead atoms. The van der Waals surface area contributed by atoms with E-state index in [2.05, 4.69) is 13.5 Å². The zero-order valence-corrected chi connectivity index (χ0v) is 27.4. The van der Waals surface area contributed by atoms with E-state index in [4.69, 9.17) is 28.4 Å². The first-order valence-corrected chi connectivity index (χ1v) is 16.8. The zero-order chi connectivity index (χ0) is 34.0. The highest BCUT2D eigenvalue weighted by Gasteiger charge is 2.90. The molecule has 48 heavy (non-hydrogen) atoms. The van der Waals surface area contributed by atoms with Crippen molar-refractivity contribution in [3.05, 3.63) is 84.0 Å². The maximum absolute atomic E-state index is 13.9. The first kappa shape index (κ1) is 32.2. The van der Waals surface area contributed by atoms with Crippen molar-refractivity contribution < 1.29 is 53.3 Å². The molecular weight excluding hydrogens is 620 g/mol. The molecule has 2 saturated carbocycles. The van der Waals surface area contributed by atoms with Gasteiger partial charge in [-0.3, -0.25) is 4.79 Å². The number of benzene rings is 1. The van der Waals surface area contributed by atoms with Gasteiger partial charge in [0.05, 0.1) is 18.3 Å². The van der Waals surface area contributed by atoms with E-state index in [0.717, 1.165) is 12.8 Å². The number of carbonyl (C=O) groups is 2. The number of esters is 1. The Bertz CT molecular complexity index is 1650. The van der Waals surface area contributed by atoms with Crippen LogP contribution in [0.3, 0.4) is 0 Å². The van der Waals surface area contributed by atoms with Gasteiger partial charge in [0, 0.05) is 29.4 Å². The van der Waals surface area contributed by atoms with E-state index >= 15 is 0 Å². The maximum Gasteiger partial charge on any atom is 0.331 e. The van der Waals surface area contributed by atoms with Crippen LogP contribution in [0, 0.1) is 17.8 Å². The molecule has 1 unspecified atom stereocenters. The van der Waals surface area contributed by atoms with Crippen LogP contribution < -0.4 is 0 Å². The Hall–Kier alpha value is -3.00. The van der Waals surface area contributed by atoms with Gasteiger partial charge in [-0.2, -0.15) is 0 Å². The van der Waals surface area contributed by atoms with Crippen molar-refractivity contribution in [2.24, 2.45) is 17.8 Å². The molecule has 1 aromatic carbocycles. The van der Waals surface area contributed by atoms with Crippen molar-refractivity contribution in [3.8, 4) is 0 Å². The first-order valence-electron chi connectivity index (χ1n) is 16.8. The highest BCUT2D eigenvalue weighted by Crippen LogP contribution is 2.74. The molecule has 0 radical (unpaired) electrons. The van der Waals surface area contributed by atoms with Crippen LogP contribution in [0.4, 0.5) is 0 Å². The number of Topliss-reactive ketones (excluding diaryl/α,β-unsaturated/α-hetero) is 1. The number of allylic oxidation sites excluding steroid dienone is 2. The largest absolute Gasteiger partial charge is 0.455 e. The molecule has 256 valence electrons. The molecule has 11 heteroatoms. The summed E-state index contributed by atoms with van der Waals surface area (Å²) in [6, 6.07) is 9.01. The lowest BCUT2D eigenvalue weighted by molar-refractivity contribution is -0.440. The second kappa shape index (κ2) is 10.5. The Morgan fingerprint density at radius 1 is 1.12 bits per heavy atom. The average molecular weight is 663 g/mol. The van der Waals surface area contributed by atoms with Crippen LogP contribution in [0.1, 0.15) is 46.1 Å². The van der Waals surface area contributed by atoms with E-state index < -0.39 is 88.9 Å². The van der Waals surface area contributed by atoms with Gasteiger partial charge in [-0.1, -0.05) is 81.5 Å². The number of ether oxygens (including phenoxy) is 6. The summed E-state index contributed by atoms with van der Waals surface area (Å²) in [6.07, 6.45) is 5.67. The zero-order valence-electron chi connectivity index (χ0n) is 27.4. The monoisotopic (exact) mass is 662 g/mol. The fourth-order valence-corrected chi connectivity index (χ4v) is 9.62. The molecule has 0 spiro atoms. The summed E-state index contributed by atoms with van der Waals surface area (Å²) < 4.78 is 39.0. The van der Waals surface area contributed by atoms with Gasteiger partial charge in [-0.05, 0) is 31.4 Å². The van der Waals surface area contributed by atoms with E-state index in [9.17, 15) is 24.9 Å². The van der Waals surface area contributed by atoms with Crippen LogP contribution in [-0.4, -0.2) is 92.7 Å². The minimum Gasteiger partial charge on any atom is -0.455 e. The second-order valence-electron chi connectivity index (χ2n) is 14.5. The molecule has 14 atom stereocenters. The molecule has 4 heterocycles. The molecule has 4 aliphatic heterocycles. The van der Waals surface area contributed by atoms with Crippen molar-refractivity contribution in [3.63, 3.8) is 0 Å². The molecule has 11 nitrogen and oxygen atoms in total. The standard InChI is InChI=1S/C37H42O11/c1-6-12-23-24(43-23)15-10-11-16-26(39)44-29-21(5)36-25-17-20(4)28(40)34(25,42)32(41)33(18-38)30(45-33)27(36)31-35(29,19(2)3)47-37(46-31,48-36)22-13-8-7-9-14-22/h7-11,13-17,21,23-25,27,29-32,38,41-42H,2,6,12,18H2,1,3-5H3/b15-10+,16-11+/t21-,23-,24+,25-,27+,29-,30+,31-,32-,33+,34-,35+,36+,37?/m1/s1. The van der Waals surface area contributed by atoms with Crippen molar-refractivity contribution in [2.45, 2.75) is 106 Å². The topological polar surface area (TPSA) is 157 Å². The van der Waals surface area contributed by atoms with Gasteiger partial charge in [0.15, 0.2) is 17.0 Å². The quantitative estimate of drug-likeness (QED) is 0.117. The summed E-state index contributed by atoms with van der Waals surface area (Å²) >= 11 is 0. The highest BCUT2D eigenvalue weighted by atomic mass is 16.9. The number of epoxide rings is 2. The number of fused-ring (bicyclic) bond motifs is 3. The van der Waals surface area contributed by atoms with E-state index in [-0.39, 0.29) is 17.8 Å². The van der Waals surface area contributed by atoms with E-state index in [1.54, 1.807) is 56.3 Å². The first-order chi connectivity index (χ1) is 22.9. The molecule has 4 saturated heterocycles. The van der Waals surface area contributed by atoms with Crippen LogP contribution in [0.2, 0.25) is 0 Å². The summed E-state index contributed by atoms with van der Waals surface area (Å²) in [5.74, 6) is -5.95. The molecule has 0 amide bonds. The minimum absolute atomic E-state index is 0.0280. The smallest absolute Gasteiger partial charge is 0.331 e. The van der Waals surface area contributed by atoms with Gasteiger partial charge >= 0.3 is 11.9 Å². The van der Waals surface area contributed by atoms with Crippen LogP contribution in [0.15, 0.2) is 78.4 Å². The number of carbonyl (C=O) groups excluding carboxylic acids is 2. The SMILES string of the molecule is C=C(C)[C@@]12OC3(c4ccccc4)O[C@@H]1[C@@H]1[C@@H]4O[C@]4(CO)[C@@H](O)[C@]4(O)C(=O)C(C)=C[C@H]4[C@@]1(O3)[C@H](C)[C@H]2OC(=O)/C=C/C=C/[C@@H]1O[C@@H]1CCC. The van der Waals surface area contributed by atoms with Gasteiger partial charge in [0.1, 0.15) is 36.1 Å². The average Bonchev–Trinajstić information content (AvgIpc) is 3.97. The van der Waals surface area contributed by atoms with Gasteiger partial charge in [0.25, 0.3) is 0 Å². The third-order valence-electron chi connectivity index (χ3n) is 12.0. The molecule has 3 aliphatic carbocycles. The fraction of sp³-hybridized carbons (Fsp3) is 0.568. The number of hydrogen-bond donors (Lipinski definition) is 3. The molecule has 1 aromatic rings. The van der Waals surface area contributed by atoms with Gasteiger partial charge < -0.3 is 43.7 Å².